The lowest BCUT2D eigenvalue weighted by molar-refractivity contribution is -0.129. The van der Waals surface area contributed by atoms with Crippen molar-refractivity contribution in [1.29, 1.82) is 0 Å². The Morgan fingerprint density at radius 3 is 2.67 bits per heavy atom. The van der Waals surface area contributed by atoms with Crippen molar-refractivity contribution in [2.45, 2.75) is 58.0 Å². The minimum Gasteiger partial charge on any atom is -0.340 e. The zero-order chi connectivity index (χ0) is 15.0. The molecule has 0 aromatic carbocycles. The lowest BCUT2D eigenvalue weighted by Gasteiger charge is -2.35. The molecular formula is C16H25N3OS. The Labute approximate surface area is 131 Å². The van der Waals surface area contributed by atoms with Crippen molar-refractivity contribution in [1.82, 2.24) is 14.8 Å². The standard InChI is InChI=1S/C16H25N3OS/c1-12-14(21-13(2)17-12)11-19-9-4-6-16(8-10-19)7-5-15(20)18(16)3/h4-11H2,1-3H3. The molecule has 4 nitrogen and oxygen atoms in total. The minimum absolute atomic E-state index is 0.143. The molecule has 0 bridgehead atoms. The van der Waals surface area contributed by atoms with Gasteiger partial charge in [0, 0.05) is 37.0 Å². The third kappa shape index (κ3) is 2.86. The Balaban J connectivity index is 1.66. The molecule has 1 atom stereocenters. The van der Waals surface area contributed by atoms with Gasteiger partial charge in [-0.1, -0.05) is 0 Å². The summed E-state index contributed by atoms with van der Waals surface area (Å²) in [6.45, 7) is 7.44. The second-order valence-corrected chi connectivity index (χ2v) is 7.84. The molecule has 5 heteroatoms. The van der Waals surface area contributed by atoms with Gasteiger partial charge in [-0.3, -0.25) is 9.69 Å². The van der Waals surface area contributed by atoms with Crippen molar-refractivity contribution in [2.75, 3.05) is 20.1 Å². The summed E-state index contributed by atoms with van der Waals surface area (Å²) in [5, 5.41) is 1.16. The molecule has 0 saturated carbocycles. The molecule has 0 radical (unpaired) electrons. The number of carbonyl (C=O) groups excluding carboxylic acids is 1. The van der Waals surface area contributed by atoms with E-state index in [-0.39, 0.29) is 5.54 Å². The molecule has 2 fully saturated rings. The summed E-state index contributed by atoms with van der Waals surface area (Å²) in [5.41, 5.74) is 1.33. The van der Waals surface area contributed by atoms with Gasteiger partial charge >= 0.3 is 0 Å². The van der Waals surface area contributed by atoms with Crippen LogP contribution in [0.1, 0.15) is 47.7 Å². The number of aromatic nitrogens is 1. The van der Waals surface area contributed by atoms with Crippen molar-refractivity contribution >= 4 is 17.2 Å². The summed E-state index contributed by atoms with van der Waals surface area (Å²) in [7, 11) is 2.00. The quantitative estimate of drug-likeness (QED) is 0.843. The first-order chi connectivity index (χ1) is 10.00. The predicted molar refractivity (Wildman–Crippen MR) is 85.5 cm³/mol. The number of hydrogen-bond acceptors (Lipinski definition) is 4. The van der Waals surface area contributed by atoms with Crippen LogP contribution in [-0.2, 0) is 11.3 Å². The van der Waals surface area contributed by atoms with Crippen LogP contribution in [0.25, 0.3) is 0 Å². The van der Waals surface area contributed by atoms with E-state index >= 15 is 0 Å². The van der Waals surface area contributed by atoms with Gasteiger partial charge in [-0.25, -0.2) is 4.98 Å². The van der Waals surface area contributed by atoms with E-state index in [1.807, 2.05) is 23.3 Å². The van der Waals surface area contributed by atoms with Crippen LogP contribution in [0.15, 0.2) is 0 Å². The average Bonchev–Trinajstić information content (AvgIpc) is 2.81. The number of hydrogen-bond donors (Lipinski definition) is 0. The first-order valence-corrected chi connectivity index (χ1v) is 8.74. The molecule has 3 heterocycles. The van der Waals surface area contributed by atoms with E-state index in [2.05, 4.69) is 23.7 Å². The number of likely N-dealkylation sites (tertiary alicyclic amines) is 2. The Morgan fingerprint density at radius 1 is 1.24 bits per heavy atom. The first-order valence-electron chi connectivity index (χ1n) is 7.92. The van der Waals surface area contributed by atoms with Gasteiger partial charge in [-0.15, -0.1) is 11.3 Å². The van der Waals surface area contributed by atoms with E-state index in [0.717, 1.165) is 50.3 Å². The molecule has 116 valence electrons. The zero-order valence-corrected chi connectivity index (χ0v) is 14.1. The highest BCUT2D eigenvalue weighted by Crippen LogP contribution is 2.38. The smallest absolute Gasteiger partial charge is 0.222 e. The van der Waals surface area contributed by atoms with E-state index in [1.54, 1.807) is 0 Å². The Hall–Kier alpha value is -0.940. The average molecular weight is 307 g/mol. The number of nitrogens with zero attached hydrogens (tertiary/aromatic N) is 3. The molecule has 1 aromatic rings. The van der Waals surface area contributed by atoms with Gasteiger partial charge in [-0.05, 0) is 46.1 Å². The molecule has 2 saturated heterocycles. The molecule has 0 aliphatic carbocycles. The maximum Gasteiger partial charge on any atom is 0.222 e. The first kappa shape index (κ1) is 15.0. The van der Waals surface area contributed by atoms with Crippen LogP contribution in [0, 0.1) is 13.8 Å². The van der Waals surface area contributed by atoms with Crippen LogP contribution in [0.4, 0.5) is 0 Å². The number of aryl methyl sites for hydroxylation is 2. The zero-order valence-electron chi connectivity index (χ0n) is 13.3. The van der Waals surface area contributed by atoms with Crippen molar-refractivity contribution < 1.29 is 4.79 Å². The second-order valence-electron chi connectivity index (χ2n) is 6.55. The molecule has 1 aromatic heterocycles. The highest BCUT2D eigenvalue weighted by Gasteiger charge is 2.43. The van der Waals surface area contributed by atoms with E-state index in [0.29, 0.717) is 5.91 Å². The van der Waals surface area contributed by atoms with Crippen LogP contribution in [0.3, 0.4) is 0 Å². The highest BCUT2D eigenvalue weighted by atomic mass is 32.1. The normalized spacial score (nSPS) is 27.6. The summed E-state index contributed by atoms with van der Waals surface area (Å²) in [6.07, 6.45) is 5.26. The van der Waals surface area contributed by atoms with Crippen molar-refractivity contribution in [3.05, 3.63) is 15.6 Å². The Kier molecular flexibility index (Phi) is 4.06. The summed E-state index contributed by atoms with van der Waals surface area (Å²) in [6, 6.07) is 0. The molecular weight excluding hydrogens is 282 g/mol. The predicted octanol–water partition coefficient (Wildman–Crippen LogP) is 2.74. The lowest BCUT2D eigenvalue weighted by Crippen LogP contribution is -2.43. The third-order valence-corrected chi connectivity index (χ3v) is 6.32. The highest BCUT2D eigenvalue weighted by molar-refractivity contribution is 7.11. The number of carbonyl (C=O) groups is 1. The maximum atomic E-state index is 11.9. The largest absolute Gasteiger partial charge is 0.340 e. The third-order valence-electron chi connectivity index (χ3n) is 5.27. The van der Waals surface area contributed by atoms with Gasteiger partial charge < -0.3 is 4.90 Å². The van der Waals surface area contributed by atoms with Gasteiger partial charge in [0.1, 0.15) is 0 Å². The molecule has 2 aliphatic heterocycles. The lowest BCUT2D eigenvalue weighted by atomic mass is 9.88. The fourth-order valence-corrected chi connectivity index (χ4v) is 4.82. The van der Waals surface area contributed by atoms with Crippen LogP contribution >= 0.6 is 11.3 Å². The van der Waals surface area contributed by atoms with E-state index in [9.17, 15) is 4.79 Å². The monoisotopic (exact) mass is 307 g/mol. The van der Waals surface area contributed by atoms with Gasteiger partial charge in [0.05, 0.1) is 10.7 Å². The van der Waals surface area contributed by atoms with E-state index in [1.165, 1.54) is 17.0 Å². The molecule has 2 aliphatic rings. The second kappa shape index (κ2) is 5.69. The molecule has 1 spiro atoms. The maximum absolute atomic E-state index is 11.9. The van der Waals surface area contributed by atoms with Crippen molar-refractivity contribution in [2.24, 2.45) is 0 Å². The summed E-state index contributed by atoms with van der Waals surface area (Å²) >= 11 is 1.82. The topological polar surface area (TPSA) is 36.4 Å². The van der Waals surface area contributed by atoms with Crippen LogP contribution in [0.2, 0.25) is 0 Å². The fraction of sp³-hybridized carbons (Fsp3) is 0.750. The molecule has 0 N–H and O–H groups in total. The van der Waals surface area contributed by atoms with E-state index in [4.69, 9.17) is 0 Å². The minimum atomic E-state index is 0.143. The number of amides is 1. The van der Waals surface area contributed by atoms with E-state index < -0.39 is 0 Å². The van der Waals surface area contributed by atoms with Gasteiger partial charge in [0.2, 0.25) is 5.91 Å². The SMILES string of the molecule is Cc1nc(C)c(CN2CCCC3(CCC(=O)N3C)CC2)s1. The van der Waals surface area contributed by atoms with Crippen molar-refractivity contribution in [3.63, 3.8) is 0 Å². The summed E-state index contributed by atoms with van der Waals surface area (Å²) < 4.78 is 0. The van der Waals surface area contributed by atoms with Gasteiger partial charge in [-0.2, -0.15) is 0 Å². The fourth-order valence-electron chi connectivity index (χ4n) is 3.84. The number of rotatable bonds is 2. The van der Waals surface area contributed by atoms with Crippen LogP contribution in [0.5, 0.6) is 0 Å². The molecule has 3 rings (SSSR count). The summed E-state index contributed by atoms with van der Waals surface area (Å²) in [4.78, 5) is 22.4. The van der Waals surface area contributed by atoms with Crippen molar-refractivity contribution in [3.8, 4) is 0 Å². The van der Waals surface area contributed by atoms with Crippen LogP contribution < -0.4 is 0 Å². The number of thiazole rings is 1. The van der Waals surface area contributed by atoms with Gasteiger partial charge in [0.25, 0.3) is 0 Å². The summed E-state index contributed by atoms with van der Waals surface area (Å²) in [5.74, 6) is 0.331. The van der Waals surface area contributed by atoms with Crippen LogP contribution in [-0.4, -0.2) is 46.4 Å². The molecule has 1 unspecified atom stereocenters. The Bertz CT molecular complexity index is 542. The Morgan fingerprint density at radius 2 is 2.05 bits per heavy atom. The molecule has 21 heavy (non-hydrogen) atoms. The van der Waals surface area contributed by atoms with Gasteiger partial charge in [0.15, 0.2) is 0 Å². The molecule has 1 amide bonds.